The van der Waals surface area contributed by atoms with Crippen molar-refractivity contribution >= 4 is 11.6 Å². The van der Waals surface area contributed by atoms with E-state index in [-0.39, 0.29) is 11.1 Å². The Morgan fingerprint density at radius 1 is 1.33 bits per heavy atom. The number of benzene rings is 1. The first kappa shape index (κ1) is 16.3. The van der Waals surface area contributed by atoms with E-state index in [1.54, 1.807) is 12.1 Å². The van der Waals surface area contributed by atoms with E-state index >= 15 is 0 Å². The minimum absolute atomic E-state index is 0.0945. The number of nitrogens with one attached hydrogen (secondary N) is 1. The maximum atomic E-state index is 13.0. The standard InChI is InChI=1S/C15H18ClF3N2/c1-2-3-14(21-8-6-20-7-9-21)11-4-5-13(16)12(10-11)15(17,18)19/h2,4-5,10,14,20H,1,3,6-9H2/t14-/m0/s1. The summed E-state index contributed by atoms with van der Waals surface area (Å²) in [7, 11) is 0. The molecule has 1 aromatic carbocycles. The number of alkyl halides is 3. The fourth-order valence-corrected chi connectivity index (χ4v) is 2.84. The Kier molecular flexibility index (Phi) is 5.30. The van der Waals surface area contributed by atoms with E-state index in [1.807, 2.05) is 0 Å². The van der Waals surface area contributed by atoms with Crippen LogP contribution in [0.3, 0.4) is 0 Å². The summed E-state index contributed by atoms with van der Waals surface area (Å²) in [5, 5.41) is 2.98. The molecular weight excluding hydrogens is 301 g/mol. The van der Waals surface area contributed by atoms with Gasteiger partial charge in [0.05, 0.1) is 10.6 Å². The minimum Gasteiger partial charge on any atom is -0.314 e. The summed E-state index contributed by atoms with van der Waals surface area (Å²) >= 11 is 5.68. The third-order valence-corrected chi connectivity index (χ3v) is 3.99. The van der Waals surface area contributed by atoms with Crippen LogP contribution in [0.2, 0.25) is 5.02 Å². The number of piperazine rings is 1. The Bertz CT molecular complexity index is 496. The molecule has 116 valence electrons. The highest BCUT2D eigenvalue weighted by Gasteiger charge is 2.34. The number of nitrogens with zero attached hydrogens (tertiary/aromatic N) is 1. The van der Waals surface area contributed by atoms with Gasteiger partial charge in [0.15, 0.2) is 0 Å². The van der Waals surface area contributed by atoms with Gasteiger partial charge in [-0.2, -0.15) is 13.2 Å². The van der Waals surface area contributed by atoms with E-state index in [4.69, 9.17) is 11.6 Å². The predicted molar refractivity (Wildman–Crippen MR) is 78.5 cm³/mol. The molecule has 1 aliphatic rings. The van der Waals surface area contributed by atoms with Crippen molar-refractivity contribution < 1.29 is 13.2 Å². The SMILES string of the molecule is C=CC[C@@H](c1ccc(Cl)c(C(F)(F)F)c1)N1CCNCC1. The topological polar surface area (TPSA) is 15.3 Å². The van der Waals surface area contributed by atoms with Crippen LogP contribution in [0.4, 0.5) is 13.2 Å². The lowest BCUT2D eigenvalue weighted by Gasteiger charge is -2.35. The lowest BCUT2D eigenvalue weighted by atomic mass is 9.99. The molecule has 1 fully saturated rings. The molecule has 0 saturated carbocycles. The second-order valence-corrected chi connectivity index (χ2v) is 5.47. The maximum absolute atomic E-state index is 13.0. The smallest absolute Gasteiger partial charge is 0.314 e. The van der Waals surface area contributed by atoms with Gasteiger partial charge in [0.1, 0.15) is 0 Å². The molecule has 2 rings (SSSR count). The molecule has 0 bridgehead atoms. The lowest BCUT2D eigenvalue weighted by molar-refractivity contribution is -0.137. The van der Waals surface area contributed by atoms with E-state index in [9.17, 15) is 13.2 Å². The monoisotopic (exact) mass is 318 g/mol. The van der Waals surface area contributed by atoms with Crippen molar-refractivity contribution in [2.24, 2.45) is 0 Å². The molecular formula is C15H18ClF3N2. The lowest BCUT2D eigenvalue weighted by Crippen LogP contribution is -2.45. The second-order valence-electron chi connectivity index (χ2n) is 5.06. The molecule has 0 aromatic heterocycles. The molecule has 21 heavy (non-hydrogen) atoms. The van der Waals surface area contributed by atoms with Gasteiger partial charge in [0, 0.05) is 32.2 Å². The van der Waals surface area contributed by atoms with Gasteiger partial charge in [0.2, 0.25) is 0 Å². The second kappa shape index (κ2) is 6.81. The molecule has 0 radical (unpaired) electrons. The van der Waals surface area contributed by atoms with Gasteiger partial charge in [-0.3, -0.25) is 4.90 Å². The first-order chi connectivity index (χ1) is 9.93. The van der Waals surface area contributed by atoms with E-state index in [1.165, 1.54) is 12.1 Å². The summed E-state index contributed by atoms with van der Waals surface area (Å²) in [6.07, 6.45) is -2.08. The zero-order valence-corrected chi connectivity index (χ0v) is 12.3. The zero-order chi connectivity index (χ0) is 15.5. The number of hydrogen-bond donors (Lipinski definition) is 1. The van der Waals surface area contributed by atoms with Crippen LogP contribution in [-0.4, -0.2) is 31.1 Å². The van der Waals surface area contributed by atoms with Crippen LogP contribution in [0.25, 0.3) is 0 Å². The Morgan fingerprint density at radius 2 is 2.00 bits per heavy atom. The van der Waals surface area contributed by atoms with Gasteiger partial charge in [-0.15, -0.1) is 6.58 Å². The van der Waals surface area contributed by atoms with Gasteiger partial charge in [0.25, 0.3) is 0 Å². The molecule has 1 aromatic rings. The van der Waals surface area contributed by atoms with Crippen molar-refractivity contribution in [1.29, 1.82) is 0 Å². The highest BCUT2D eigenvalue weighted by molar-refractivity contribution is 6.31. The first-order valence-corrected chi connectivity index (χ1v) is 7.23. The van der Waals surface area contributed by atoms with Gasteiger partial charge >= 0.3 is 6.18 Å². The average Bonchev–Trinajstić information content (AvgIpc) is 2.45. The van der Waals surface area contributed by atoms with Crippen LogP contribution in [-0.2, 0) is 6.18 Å². The molecule has 0 amide bonds. The predicted octanol–water partition coefficient (Wildman–Crippen LogP) is 3.88. The highest BCUT2D eigenvalue weighted by Crippen LogP contribution is 2.37. The fourth-order valence-electron chi connectivity index (χ4n) is 2.62. The first-order valence-electron chi connectivity index (χ1n) is 6.86. The number of halogens is 4. The number of hydrogen-bond acceptors (Lipinski definition) is 2. The van der Waals surface area contributed by atoms with Gasteiger partial charge in [-0.1, -0.05) is 23.7 Å². The fraction of sp³-hybridized carbons (Fsp3) is 0.467. The van der Waals surface area contributed by atoms with Gasteiger partial charge < -0.3 is 5.32 Å². The van der Waals surface area contributed by atoms with Crippen molar-refractivity contribution in [3.8, 4) is 0 Å². The maximum Gasteiger partial charge on any atom is 0.417 e. The molecule has 1 heterocycles. The van der Waals surface area contributed by atoms with Crippen molar-refractivity contribution in [3.05, 3.63) is 47.0 Å². The van der Waals surface area contributed by atoms with Crippen LogP contribution in [0.15, 0.2) is 30.9 Å². The van der Waals surface area contributed by atoms with E-state index in [0.717, 1.165) is 26.2 Å². The summed E-state index contributed by atoms with van der Waals surface area (Å²) in [6.45, 7) is 7.02. The van der Waals surface area contributed by atoms with Gasteiger partial charge in [-0.05, 0) is 24.1 Å². The largest absolute Gasteiger partial charge is 0.417 e. The molecule has 1 atom stereocenters. The summed E-state index contributed by atoms with van der Waals surface area (Å²) in [4.78, 5) is 2.18. The Balaban J connectivity index is 2.33. The Hall–Kier alpha value is -1.04. The van der Waals surface area contributed by atoms with E-state index in [2.05, 4.69) is 16.8 Å². The van der Waals surface area contributed by atoms with Crippen molar-refractivity contribution in [1.82, 2.24) is 10.2 Å². The molecule has 2 nitrogen and oxygen atoms in total. The van der Waals surface area contributed by atoms with Crippen LogP contribution in [0.1, 0.15) is 23.6 Å². The zero-order valence-electron chi connectivity index (χ0n) is 11.6. The minimum atomic E-state index is -4.44. The van der Waals surface area contributed by atoms with Gasteiger partial charge in [-0.25, -0.2) is 0 Å². The summed E-state index contributed by atoms with van der Waals surface area (Å²) in [5.74, 6) is 0. The molecule has 6 heteroatoms. The summed E-state index contributed by atoms with van der Waals surface area (Å²) in [6, 6.07) is 4.08. The van der Waals surface area contributed by atoms with Crippen molar-refractivity contribution in [2.75, 3.05) is 26.2 Å². The van der Waals surface area contributed by atoms with Crippen molar-refractivity contribution in [2.45, 2.75) is 18.6 Å². The molecule has 1 saturated heterocycles. The van der Waals surface area contributed by atoms with E-state index in [0.29, 0.717) is 12.0 Å². The Morgan fingerprint density at radius 3 is 2.57 bits per heavy atom. The van der Waals surface area contributed by atoms with Crippen LogP contribution in [0, 0.1) is 0 Å². The summed E-state index contributed by atoms with van der Waals surface area (Å²) in [5.41, 5.74) is -0.139. The highest BCUT2D eigenvalue weighted by atomic mass is 35.5. The molecule has 1 N–H and O–H groups in total. The molecule has 0 aliphatic carbocycles. The average molecular weight is 319 g/mol. The van der Waals surface area contributed by atoms with Crippen LogP contribution >= 0.6 is 11.6 Å². The molecule has 0 spiro atoms. The number of rotatable bonds is 4. The third kappa shape index (κ3) is 3.99. The van der Waals surface area contributed by atoms with Crippen LogP contribution < -0.4 is 5.32 Å². The normalized spacial score (nSPS) is 18.5. The van der Waals surface area contributed by atoms with Crippen molar-refractivity contribution in [3.63, 3.8) is 0 Å². The Labute approximate surface area is 127 Å². The van der Waals surface area contributed by atoms with E-state index < -0.39 is 11.7 Å². The molecule has 1 aliphatic heterocycles. The molecule has 0 unspecified atom stereocenters. The summed E-state index contributed by atoms with van der Waals surface area (Å²) < 4.78 is 39.0. The quantitative estimate of drug-likeness (QED) is 0.848. The van der Waals surface area contributed by atoms with Crippen LogP contribution in [0.5, 0.6) is 0 Å². The third-order valence-electron chi connectivity index (χ3n) is 3.66.